The third-order valence-corrected chi connectivity index (χ3v) is 2.46. The van der Waals surface area contributed by atoms with Crippen molar-refractivity contribution in [3.63, 3.8) is 0 Å². The number of carboxylic acids is 1. The second-order valence-electron chi connectivity index (χ2n) is 4.00. The highest BCUT2D eigenvalue weighted by Gasteiger charge is 2.13. The van der Waals surface area contributed by atoms with Crippen LogP contribution in [0.25, 0.3) is 0 Å². The Labute approximate surface area is 101 Å². The number of aryl methyl sites for hydroxylation is 1. The van der Waals surface area contributed by atoms with Crippen molar-refractivity contribution in [1.29, 1.82) is 0 Å². The predicted octanol–water partition coefficient (Wildman–Crippen LogP) is 1.80. The Hall–Kier alpha value is -1.84. The van der Waals surface area contributed by atoms with Gasteiger partial charge < -0.3 is 10.0 Å². The summed E-state index contributed by atoms with van der Waals surface area (Å²) in [7, 11) is 1.48. The van der Waals surface area contributed by atoms with Gasteiger partial charge in [0.2, 0.25) is 0 Å². The Kier molecular flexibility index (Phi) is 4.69. The van der Waals surface area contributed by atoms with Crippen LogP contribution in [0.15, 0.2) is 24.3 Å². The normalized spacial score (nSPS) is 10.0. The van der Waals surface area contributed by atoms with Crippen LogP contribution in [0.1, 0.15) is 29.3 Å². The maximum atomic E-state index is 11.8. The molecule has 0 aliphatic carbocycles. The Bertz CT molecular complexity index is 398. The van der Waals surface area contributed by atoms with E-state index in [0.29, 0.717) is 5.56 Å². The molecular formula is C13H17NO3. The first-order chi connectivity index (χ1) is 8.04. The summed E-state index contributed by atoms with van der Waals surface area (Å²) in [6.07, 6.45) is 2.05. The first-order valence-electron chi connectivity index (χ1n) is 5.60. The summed E-state index contributed by atoms with van der Waals surface area (Å²) < 4.78 is 0. The molecule has 1 amide bonds. The fraction of sp³-hybridized carbons (Fsp3) is 0.385. The zero-order chi connectivity index (χ0) is 12.8. The molecule has 1 N–H and O–H groups in total. The molecule has 0 heterocycles. The molecule has 0 radical (unpaired) electrons. The minimum absolute atomic E-state index is 0.268. The molecule has 0 aromatic heterocycles. The molecule has 1 aromatic rings. The topological polar surface area (TPSA) is 57.6 Å². The van der Waals surface area contributed by atoms with Crippen LogP contribution in [0.4, 0.5) is 0 Å². The first kappa shape index (κ1) is 13.2. The molecule has 0 saturated carbocycles. The number of carbonyl (C=O) groups excluding carboxylic acids is 1. The molecule has 0 spiro atoms. The van der Waals surface area contributed by atoms with Gasteiger partial charge in [-0.25, -0.2) is 0 Å². The van der Waals surface area contributed by atoms with Gasteiger partial charge in [0.1, 0.15) is 6.54 Å². The minimum atomic E-state index is -1.01. The first-order valence-corrected chi connectivity index (χ1v) is 5.60. The van der Waals surface area contributed by atoms with E-state index in [-0.39, 0.29) is 12.5 Å². The molecule has 0 atom stereocenters. The summed E-state index contributed by atoms with van der Waals surface area (Å²) in [5.41, 5.74) is 1.71. The highest BCUT2D eigenvalue weighted by molar-refractivity contribution is 5.95. The molecule has 0 bridgehead atoms. The van der Waals surface area contributed by atoms with E-state index in [9.17, 15) is 9.59 Å². The van der Waals surface area contributed by atoms with Crippen LogP contribution >= 0.6 is 0 Å². The smallest absolute Gasteiger partial charge is 0.323 e. The number of likely N-dealkylation sites (N-methyl/N-ethyl adjacent to an activating group) is 1. The van der Waals surface area contributed by atoms with Crippen molar-refractivity contribution < 1.29 is 14.7 Å². The third-order valence-electron chi connectivity index (χ3n) is 2.46. The van der Waals surface area contributed by atoms with Gasteiger partial charge in [-0.2, -0.15) is 0 Å². The maximum Gasteiger partial charge on any atom is 0.323 e. The van der Waals surface area contributed by atoms with Crippen molar-refractivity contribution in [2.75, 3.05) is 13.6 Å². The number of amides is 1. The SMILES string of the molecule is CCCc1ccc(C(=O)N(C)CC(=O)O)cc1. The van der Waals surface area contributed by atoms with Crippen molar-refractivity contribution >= 4 is 11.9 Å². The van der Waals surface area contributed by atoms with Crippen LogP contribution in [0.5, 0.6) is 0 Å². The number of aliphatic carboxylic acids is 1. The molecule has 4 nitrogen and oxygen atoms in total. The second kappa shape index (κ2) is 6.03. The molecule has 0 aliphatic rings. The molecule has 92 valence electrons. The van der Waals surface area contributed by atoms with Crippen LogP contribution < -0.4 is 0 Å². The highest BCUT2D eigenvalue weighted by atomic mass is 16.4. The molecule has 4 heteroatoms. The largest absolute Gasteiger partial charge is 0.480 e. The standard InChI is InChI=1S/C13H17NO3/c1-3-4-10-5-7-11(8-6-10)13(17)14(2)9-12(15)16/h5-8H,3-4,9H2,1-2H3,(H,15,16). The maximum absolute atomic E-state index is 11.8. The fourth-order valence-electron chi connectivity index (χ4n) is 1.60. The summed E-state index contributed by atoms with van der Waals surface area (Å²) in [4.78, 5) is 23.5. The monoisotopic (exact) mass is 235 g/mol. The Morgan fingerprint density at radius 2 is 1.82 bits per heavy atom. The molecule has 0 saturated heterocycles. The van der Waals surface area contributed by atoms with E-state index in [0.717, 1.165) is 12.8 Å². The Morgan fingerprint density at radius 1 is 1.24 bits per heavy atom. The predicted molar refractivity (Wildman–Crippen MR) is 65.0 cm³/mol. The van der Waals surface area contributed by atoms with E-state index in [1.165, 1.54) is 17.5 Å². The van der Waals surface area contributed by atoms with Crippen molar-refractivity contribution in [3.8, 4) is 0 Å². The zero-order valence-corrected chi connectivity index (χ0v) is 10.1. The fourth-order valence-corrected chi connectivity index (χ4v) is 1.60. The van der Waals surface area contributed by atoms with Gasteiger partial charge in [-0.1, -0.05) is 25.5 Å². The number of nitrogens with zero attached hydrogens (tertiary/aromatic N) is 1. The molecule has 1 rings (SSSR count). The molecule has 0 unspecified atom stereocenters. The Morgan fingerprint density at radius 3 is 2.29 bits per heavy atom. The van der Waals surface area contributed by atoms with Crippen LogP contribution in [-0.4, -0.2) is 35.5 Å². The van der Waals surface area contributed by atoms with Gasteiger partial charge in [-0.05, 0) is 24.1 Å². The quantitative estimate of drug-likeness (QED) is 0.846. The van der Waals surface area contributed by atoms with E-state index < -0.39 is 5.97 Å². The number of benzene rings is 1. The lowest BCUT2D eigenvalue weighted by Crippen LogP contribution is -2.31. The average molecular weight is 235 g/mol. The average Bonchev–Trinajstić information content (AvgIpc) is 2.28. The summed E-state index contributed by atoms with van der Waals surface area (Å²) >= 11 is 0. The molecular weight excluding hydrogens is 218 g/mol. The highest BCUT2D eigenvalue weighted by Crippen LogP contribution is 2.08. The molecule has 17 heavy (non-hydrogen) atoms. The van der Waals surface area contributed by atoms with E-state index >= 15 is 0 Å². The van der Waals surface area contributed by atoms with Crippen LogP contribution in [0, 0.1) is 0 Å². The number of hydrogen-bond donors (Lipinski definition) is 1. The van der Waals surface area contributed by atoms with E-state index in [4.69, 9.17) is 5.11 Å². The lowest BCUT2D eigenvalue weighted by atomic mass is 10.1. The second-order valence-corrected chi connectivity index (χ2v) is 4.00. The van der Waals surface area contributed by atoms with E-state index in [1.807, 2.05) is 12.1 Å². The lowest BCUT2D eigenvalue weighted by Gasteiger charge is -2.14. The van der Waals surface area contributed by atoms with Gasteiger partial charge in [0.15, 0.2) is 0 Å². The third kappa shape index (κ3) is 3.90. The van der Waals surface area contributed by atoms with E-state index in [2.05, 4.69) is 6.92 Å². The van der Waals surface area contributed by atoms with E-state index in [1.54, 1.807) is 12.1 Å². The summed E-state index contributed by atoms with van der Waals surface area (Å²) in [5, 5.41) is 8.60. The van der Waals surface area contributed by atoms with Gasteiger partial charge in [0.25, 0.3) is 5.91 Å². The van der Waals surface area contributed by atoms with Crippen molar-refractivity contribution in [1.82, 2.24) is 4.90 Å². The summed E-state index contributed by atoms with van der Waals surface area (Å²) in [5.74, 6) is -1.28. The summed E-state index contributed by atoms with van der Waals surface area (Å²) in [6.45, 7) is 1.81. The van der Waals surface area contributed by atoms with Gasteiger partial charge in [-0.3, -0.25) is 9.59 Å². The number of carbonyl (C=O) groups is 2. The van der Waals surface area contributed by atoms with Gasteiger partial charge in [-0.15, -0.1) is 0 Å². The van der Waals surface area contributed by atoms with Gasteiger partial charge in [0.05, 0.1) is 0 Å². The van der Waals surface area contributed by atoms with Crippen molar-refractivity contribution in [3.05, 3.63) is 35.4 Å². The lowest BCUT2D eigenvalue weighted by molar-refractivity contribution is -0.137. The minimum Gasteiger partial charge on any atom is -0.480 e. The molecule has 0 fully saturated rings. The van der Waals surface area contributed by atoms with Crippen LogP contribution in [0.2, 0.25) is 0 Å². The van der Waals surface area contributed by atoms with Gasteiger partial charge in [0, 0.05) is 12.6 Å². The number of hydrogen-bond acceptors (Lipinski definition) is 2. The van der Waals surface area contributed by atoms with Crippen molar-refractivity contribution in [2.45, 2.75) is 19.8 Å². The van der Waals surface area contributed by atoms with Gasteiger partial charge >= 0.3 is 5.97 Å². The van der Waals surface area contributed by atoms with Crippen LogP contribution in [0.3, 0.4) is 0 Å². The van der Waals surface area contributed by atoms with Crippen molar-refractivity contribution in [2.24, 2.45) is 0 Å². The Balaban J connectivity index is 2.72. The zero-order valence-electron chi connectivity index (χ0n) is 10.1. The number of rotatable bonds is 5. The molecule has 1 aromatic carbocycles. The number of carboxylic acid groups (broad SMARTS) is 1. The van der Waals surface area contributed by atoms with Crippen LogP contribution in [-0.2, 0) is 11.2 Å². The summed E-state index contributed by atoms with van der Waals surface area (Å²) in [6, 6.07) is 7.30. The molecule has 0 aliphatic heterocycles.